The van der Waals surface area contributed by atoms with Gasteiger partial charge in [-0.25, -0.2) is 0 Å². The lowest BCUT2D eigenvalue weighted by molar-refractivity contribution is -0.114. The summed E-state index contributed by atoms with van der Waals surface area (Å²) < 4.78 is 10.7. The molecule has 25 heavy (non-hydrogen) atoms. The van der Waals surface area contributed by atoms with Crippen molar-refractivity contribution in [2.75, 3.05) is 11.8 Å². The molecule has 2 aliphatic rings. The molecule has 0 aromatic heterocycles. The van der Waals surface area contributed by atoms with Gasteiger partial charge in [-0.1, -0.05) is 29.3 Å². The van der Waals surface area contributed by atoms with Crippen molar-refractivity contribution < 1.29 is 14.3 Å². The highest BCUT2D eigenvalue weighted by molar-refractivity contribution is 6.42. The second-order valence-electron chi connectivity index (χ2n) is 5.57. The fourth-order valence-corrected chi connectivity index (χ4v) is 2.94. The van der Waals surface area contributed by atoms with Gasteiger partial charge in [-0.15, -0.1) is 0 Å². The highest BCUT2D eigenvalue weighted by Crippen LogP contribution is 2.34. The van der Waals surface area contributed by atoms with Crippen LogP contribution in [0.25, 0.3) is 6.08 Å². The minimum absolute atomic E-state index is 0.208. The number of anilines is 1. The first-order chi connectivity index (χ1) is 12.0. The summed E-state index contributed by atoms with van der Waals surface area (Å²) in [6.07, 6.45) is 1.78. The van der Waals surface area contributed by atoms with Gasteiger partial charge in [0.1, 0.15) is 0 Å². The Morgan fingerprint density at radius 1 is 1.08 bits per heavy atom. The quantitative estimate of drug-likeness (QED) is 0.725. The molecule has 1 amide bonds. The lowest BCUT2D eigenvalue weighted by Gasteiger charge is -2.12. The Bertz CT molecular complexity index is 953. The summed E-state index contributed by atoms with van der Waals surface area (Å²) >= 11 is 12.0. The molecular formula is C18H12Cl2N2O3. The number of hydrazone groups is 1. The zero-order valence-corrected chi connectivity index (χ0v) is 14.6. The van der Waals surface area contributed by atoms with E-state index in [0.717, 1.165) is 5.56 Å². The first-order valence-corrected chi connectivity index (χ1v) is 8.25. The first-order valence-electron chi connectivity index (χ1n) is 7.49. The van der Waals surface area contributed by atoms with Crippen LogP contribution in [0.15, 0.2) is 47.1 Å². The maximum atomic E-state index is 12.8. The van der Waals surface area contributed by atoms with E-state index in [9.17, 15) is 4.79 Å². The number of carbonyl (C=O) groups excluding carboxylic acids is 1. The molecule has 126 valence electrons. The van der Waals surface area contributed by atoms with Gasteiger partial charge >= 0.3 is 0 Å². The molecule has 4 rings (SSSR count). The van der Waals surface area contributed by atoms with Crippen LogP contribution in [0.5, 0.6) is 11.5 Å². The molecule has 2 aromatic rings. The summed E-state index contributed by atoms with van der Waals surface area (Å²) in [7, 11) is 0. The molecule has 2 aromatic carbocycles. The number of ether oxygens (including phenoxy) is 2. The van der Waals surface area contributed by atoms with Crippen molar-refractivity contribution in [3.05, 3.63) is 57.6 Å². The lowest BCUT2D eigenvalue weighted by Crippen LogP contribution is -2.21. The molecule has 0 atom stereocenters. The molecule has 0 fully saturated rings. The summed E-state index contributed by atoms with van der Waals surface area (Å²) in [4.78, 5) is 12.8. The van der Waals surface area contributed by atoms with Crippen molar-refractivity contribution in [1.82, 2.24) is 0 Å². The fourth-order valence-electron chi connectivity index (χ4n) is 2.65. The number of rotatable bonds is 2. The van der Waals surface area contributed by atoms with Gasteiger partial charge in [-0.2, -0.15) is 10.1 Å². The van der Waals surface area contributed by atoms with E-state index in [0.29, 0.717) is 38.5 Å². The van der Waals surface area contributed by atoms with E-state index in [1.165, 1.54) is 5.01 Å². The summed E-state index contributed by atoms with van der Waals surface area (Å²) in [6, 6.07) is 10.5. The molecule has 7 heteroatoms. The third-order valence-corrected chi connectivity index (χ3v) is 4.66. The number of carbonyl (C=O) groups is 1. The Morgan fingerprint density at radius 3 is 2.68 bits per heavy atom. The molecule has 0 unspecified atom stereocenters. The molecule has 0 aliphatic carbocycles. The highest BCUT2D eigenvalue weighted by atomic mass is 35.5. The van der Waals surface area contributed by atoms with Crippen LogP contribution in [0, 0.1) is 0 Å². The van der Waals surface area contributed by atoms with Crippen LogP contribution >= 0.6 is 23.2 Å². The number of hydrogen-bond donors (Lipinski definition) is 0. The zero-order chi connectivity index (χ0) is 17.6. The van der Waals surface area contributed by atoms with Gasteiger partial charge in [0.25, 0.3) is 5.91 Å². The van der Waals surface area contributed by atoms with Gasteiger partial charge in [-0.3, -0.25) is 4.79 Å². The van der Waals surface area contributed by atoms with Crippen molar-refractivity contribution in [3.8, 4) is 11.5 Å². The number of nitrogens with zero attached hydrogens (tertiary/aromatic N) is 2. The van der Waals surface area contributed by atoms with Crippen LogP contribution < -0.4 is 14.5 Å². The first kappa shape index (κ1) is 16.0. The van der Waals surface area contributed by atoms with E-state index in [-0.39, 0.29) is 12.7 Å². The van der Waals surface area contributed by atoms with Crippen LogP contribution in [0.2, 0.25) is 10.0 Å². The van der Waals surface area contributed by atoms with Crippen molar-refractivity contribution in [2.45, 2.75) is 6.92 Å². The van der Waals surface area contributed by atoms with Crippen molar-refractivity contribution in [3.63, 3.8) is 0 Å². The van der Waals surface area contributed by atoms with Crippen LogP contribution in [0.3, 0.4) is 0 Å². The second-order valence-corrected chi connectivity index (χ2v) is 6.39. The van der Waals surface area contributed by atoms with E-state index in [1.54, 1.807) is 31.2 Å². The molecular weight excluding hydrogens is 363 g/mol. The smallest absolute Gasteiger partial charge is 0.280 e. The van der Waals surface area contributed by atoms with Gasteiger partial charge in [0, 0.05) is 0 Å². The zero-order valence-electron chi connectivity index (χ0n) is 13.1. The molecule has 0 radical (unpaired) electrons. The average molecular weight is 375 g/mol. The maximum absolute atomic E-state index is 12.8. The maximum Gasteiger partial charge on any atom is 0.280 e. The Morgan fingerprint density at radius 2 is 1.88 bits per heavy atom. The standard InChI is InChI=1S/C18H12Cl2N2O3/c1-10-13(6-11-2-5-16-17(7-11)25-9-24-16)18(23)22(21-10)12-3-4-14(19)15(20)8-12/h2-8H,9H2,1H3/b13-6+. The van der Waals surface area contributed by atoms with Gasteiger partial charge in [0.2, 0.25) is 6.79 Å². The summed E-state index contributed by atoms with van der Waals surface area (Å²) in [5.74, 6) is 1.13. The van der Waals surface area contributed by atoms with Crippen LogP contribution in [0.4, 0.5) is 5.69 Å². The van der Waals surface area contributed by atoms with E-state index < -0.39 is 0 Å². The number of amides is 1. The Balaban J connectivity index is 1.67. The van der Waals surface area contributed by atoms with E-state index in [2.05, 4.69) is 5.10 Å². The SMILES string of the molecule is CC1=NN(c2ccc(Cl)c(Cl)c2)C(=O)/C1=C/c1ccc2c(c1)OCO2. The van der Waals surface area contributed by atoms with Gasteiger partial charge in [0.15, 0.2) is 11.5 Å². The van der Waals surface area contributed by atoms with Crippen molar-refractivity contribution in [2.24, 2.45) is 5.10 Å². The largest absolute Gasteiger partial charge is 0.454 e. The van der Waals surface area contributed by atoms with Crippen LogP contribution in [0.1, 0.15) is 12.5 Å². The van der Waals surface area contributed by atoms with Gasteiger partial charge < -0.3 is 9.47 Å². The highest BCUT2D eigenvalue weighted by Gasteiger charge is 2.29. The number of fused-ring (bicyclic) bond motifs is 1. The third-order valence-electron chi connectivity index (χ3n) is 3.92. The molecule has 0 saturated carbocycles. The van der Waals surface area contributed by atoms with Crippen molar-refractivity contribution >= 4 is 46.6 Å². The normalized spacial score (nSPS) is 17.4. The minimum atomic E-state index is -0.228. The van der Waals surface area contributed by atoms with Gasteiger partial charge in [-0.05, 0) is 48.9 Å². The summed E-state index contributed by atoms with van der Waals surface area (Å²) in [6.45, 7) is 1.99. The van der Waals surface area contributed by atoms with Crippen LogP contribution in [-0.2, 0) is 4.79 Å². The number of halogens is 2. The molecule has 2 heterocycles. The Hall–Kier alpha value is -2.50. The summed E-state index contributed by atoms with van der Waals surface area (Å²) in [5, 5.41) is 6.44. The topological polar surface area (TPSA) is 51.1 Å². The van der Waals surface area contributed by atoms with E-state index >= 15 is 0 Å². The second kappa shape index (κ2) is 6.10. The molecule has 0 spiro atoms. The van der Waals surface area contributed by atoms with Crippen LogP contribution in [-0.4, -0.2) is 18.4 Å². The molecule has 0 N–H and O–H groups in total. The van der Waals surface area contributed by atoms with E-state index in [4.69, 9.17) is 32.7 Å². The predicted octanol–water partition coefficient (Wildman–Crippen LogP) is 4.53. The Labute approximate surface area is 154 Å². The number of hydrogen-bond acceptors (Lipinski definition) is 4. The predicted molar refractivity (Wildman–Crippen MR) is 97.6 cm³/mol. The lowest BCUT2D eigenvalue weighted by atomic mass is 10.1. The average Bonchev–Trinajstić information content (AvgIpc) is 3.16. The fraction of sp³-hybridized carbons (Fsp3) is 0.111. The molecule has 2 aliphatic heterocycles. The van der Waals surface area contributed by atoms with Crippen molar-refractivity contribution in [1.29, 1.82) is 0 Å². The monoisotopic (exact) mass is 374 g/mol. The molecule has 0 bridgehead atoms. The molecule has 0 saturated heterocycles. The minimum Gasteiger partial charge on any atom is -0.454 e. The summed E-state index contributed by atoms with van der Waals surface area (Å²) in [5.41, 5.74) is 2.52. The Kier molecular flexibility index (Phi) is 3.90. The van der Waals surface area contributed by atoms with E-state index in [1.807, 2.05) is 18.2 Å². The van der Waals surface area contributed by atoms with Gasteiger partial charge in [0.05, 0.1) is 27.0 Å². The molecule has 5 nitrogen and oxygen atoms in total. The third kappa shape index (κ3) is 2.86. The number of benzene rings is 2.